The van der Waals surface area contributed by atoms with E-state index in [0.717, 1.165) is 30.2 Å². The number of likely N-dealkylation sites (tertiary alicyclic amines) is 1. The summed E-state index contributed by atoms with van der Waals surface area (Å²) in [5.74, 6) is 0.153. The standard InChI is InChI=1S/C32H25F7N4O3S/c1-45-26-11-17(4-9-25(26)46-16-19-5-6-20(31(34,35)36)13-22(19)32(37,38)39)12-27-29(44)42-30(47-27)43-10-2-3-18(15-43)28-40-23-8-7-21(33)14-24(23)41-28/h4-9,11-14,18H,2-3,10,15-16H2,1H3,(H,40,41). The minimum absolute atomic E-state index is 0.0252. The highest BCUT2D eigenvalue weighted by Gasteiger charge is 2.38. The average Bonchev–Trinajstić information content (AvgIpc) is 3.62. The maximum Gasteiger partial charge on any atom is 0.416 e. The normalized spacial score (nSPS) is 18.3. The van der Waals surface area contributed by atoms with Crippen LogP contribution in [0.3, 0.4) is 0 Å². The van der Waals surface area contributed by atoms with E-state index in [2.05, 4.69) is 15.0 Å². The van der Waals surface area contributed by atoms with Gasteiger partial charge in [0.25, 0.3) is 5.91 Å². The Morgan fingerprint density at radius 3 is 2.57 bits per heavy atom. The number of hydrogen-bond donors (Lipinski definition) is 1. The molecular weight excluding hydrogens is 653 g/mol. The average molecular weight is 679 g/mol. The van der Waals surface area contributed by atoms with E-state index in [0.29, 0.717) is 40.3 Å². The van der Waals surface area contributed by atoms with E-state index in [-0.39, 0.29) is 29.3 Å². The first-order valence-corrected chi connectivity index (χ1v) is 15.1. The molecule has 0 bridgehead atoms. The highest BCUT2D eigenvalue weighted by atomic mass is 32.2. The van der Waals surface area contributed by atoms with Crippen LogP contribution < -0.4 is 9.47 Å². The number of alkyl halides is 6. The van der Waals surface area contributed by atoms with E-state index in [1.165, 1.54) is 43.1 Å². The zero-order chi connectivity index (χ0) is 33.5. The second-order valence-corrected chi connectivity index (χ2v) is 12.0. The minimum Gasteiger partial charge on any atom is -0.493 e. The number of H-pyrrole nitrogens is 1. The molecule has 246 valence electrons. The van der Waals surface area contributed by atoms with E-state index < -0.39 is 41.6 Å². The van der Waals surface area contributed by atoms with Crippen molar-refractivity contribution in [1.29, 1.82) is 0 Å². The molecule has 1 N–H and O–H groups in total. The number of rotatable bonds is 6. The van der Waals surface area contributed by atoms with Crippen LogP contribution in [-0.2, 0) is 23.8 Å². The monoisotopic (exact) mass is 678 g/mol. The predicted molar refractivity (Wildman–Crippen MR) is 161 cm³/mol. The van der Waals surface area contributed by atoms with Crippen LogP contribution >= 0.6 is 11.8 Å². The van der Waals surface area contributed by atoms with E-state index in [9.17, 15) is 35.5 Å². The summed E-state index contributed by atoms with van der Waals surface area (Å²) in [6, 6.07) is 10.3. The number of halogens is 7. The zero-order valence-corrected chi connectivity index (χ0v) is 25.3. The van der Waals surface area contributed by atoms with Crippen molar-refractivity contribution in [2.75, 3.05) is 20.2 Å². The van der Waals surface area contributed by atoms with Crippen LogP contribution in [-0.4, -0.2) is 46.1 Å². The molecule has 6 rings (SSSR count). The van der Waals surface area contributed by atoms with Crippen molar-refractivity contribution in [2.45, 2.75) is 37.7 Å². The summed E-state index contributed by atoms with van der Waals surface area (Å²) >= 11 is 1.20. The van der Waals surface area contributed by atoms with Crippen molar-refractivity contribution >= 4 is 39.9 Å². The molecule has 1 atom stereocenters. The van der Waals surface area contributed by atoms with Gasteiger partial charge in [0.2, 0.25) is 0 Å². The summed E-state index contributed by atoms with van der Waals surface area (Å²) < 4.78 is 104. The van der Waals surface area contributed by atoms with Gasteiger partial charge >= 0.3 is 12.4 Å². The molecule has 2 aliphatic heterocycles. The molecule has 47 heavy (non-hydrogen) atoms. The van der Waals surface area contributed by atoms with Crippen molar-refractivity contribution in [3.63, 3.8) is 0 Å². The van der Waals surface area contributed by atoms with Gasteiger partial charge in [-0.2, -0.15) is 31.3 Å². The molecule has 1 aromatic heterocycles. The number of aromatic nitrogens is 2. The Hall–Kier alpha value is -4.53. The molecule has 1 saturated heterocycles. The number of ether oxygens (including phenoxy) is 2. The molecule has 0 saturated carbocycles. The number of fused-ring (bicyclic) bond motifs is 1. The van der Waals surface area contributed by atoms with Gasteiger partial charge in [0.05, 0.1) is 34.2 Å². The number of nitrogens with one attached hydrogen (secondary N) is 1. The summed E-state index contributed by atoms with van der Waals surface area (Å²) in [6.45, 7) is 0.577. The van der Waals surface area contributed by atoms with Crippen LogP contribution in [0.2, 0.25) is 0 Å². The molecule has 1 unspecified atom stereocenters. The van der Waals surface area contributed by atoms with Crippen LogP contribution in [0.15, 0.2) is 64.5 Å². The molecule has 2 aliphatic rings. The zero-order valence-electron chi connectivity index (χ0n) is 24.5. The first-order valence-electron chi connectivity index (χ1n) is 14.3. The van der Waals surface area contributed by atoms with Gasteiger partial charge in [0.1, 0.15) is 18.2 Å². The number of carbonyl (C=O) groups is 1. The second-order valence-electron chi connectivity index (χ2n) is 10.9. The molecule has 0 spiro atoms. The molecule has 0 radical (unpaired) electrons. The van der Waals surface area contributed by atoms with Crippen LogP contribution in [0.25, 0.3) is 17.1 Å². The van der Waals surface area contributed by atoms with Gasteiger partial charge in [-0.3, -0.25) is 4.79 Å². The number of aromatic amines is 1. The number of aliphatic imine (C=N–C) groups is 1. The highest BCUT2D eigenvalue weighted by molar-refractivity contribution is 8.18. The van der Waals surface area contributed by atoms with Crippen molar-refractivity contribution in [2.24, 2.45) is 4.99 Å². The van der Waals surface area contributed by atoms with Crippen LogP contribution in [0, 0.1) is 5.82 Å². The van der Waals surface area contributed by atoms with E-state index >= 15 is 0 Å². The molecule has 3 heterocycles. The van der Waals surface area contributed by atoms with Crippen molar-refractivity contribution < 1.29 is 45.0 Å². The third-order valence-corrected chi connectivity index (χ3v) is 8.81. The highest BCUT2D eigenvalue weighted by Crippen LogP contribution is 2.39. The van der Waals surface area contributed by atoms with Crippen LogP contribution in [0.4, 0.5) is 30.7 Å². The number of thioether (sulfide) groups is 1. The van der Waals surface area contributed by atoms with Crippen molar-refractivity contribution in [3.05, 3.63) is 93.4 Å². The van der Waals surface area contributed by atoms with Crippen LogP contribution in [0.5, 0.6) is 11.5 Å². The summed E-state index contributed by atoms with van der Waals surface area (Å²) in [5.41, 5.74) is -1.54. The number of imidazole rings is 1. The first-order chi connectivity index (χ1) is 22.3. The Balaban J connectivity index is 1.14. The molecule has 7 nitrogen and oxygen atoms in total. The quantitative estimate of drug-likeness (QED) is 0.164. The fourth-order valence-electron chi connectivity index (χ4n) is 5.44. The first kappa shape index (κ1) is 32.4. The van der Waals surface area contributed by atoms with Gasteiger partial charge in [-0.05, 0) is 72.6 Å². The smallest absolute Gasteiger partial charge is 0.416 e. The lowest BCUT2D eigenvalue weighted by Gasteiger charge is -2.32. The molecule has 0 aliphatic carbocycles. The Labute approximate surface area is 267 Å². The van der Waals surface area contributed by atoms with E-state index in [1.54, 1.807) is 18.2 Å². The molecule has 15 heteroatoms. The maximum atomic E-state index is 13.6. The van der Waals surface area contributed by atoms with Gasteiger partial charge in [0.15, 0.2) is 16.7 Å². The third-order valence-electron chi connectivity index (χ3n) is 7.76. The number of amides is 1. The Kier molecular flexibility index (Phi) is 8.68. The third kappa shape index (κ3) is 7.09. The number of methoxy groups -OCH3 is 1. The summed E-state index contributed by atoms with van der Waals surface area (Å²) in [4.78, 5) is 27.3. The molecule has 1 amide bonds. The van der Waals surface area contributed by atoms with Gasteiger partial charge < -0.3 is 19.4 Å². The lowest BCUT2D eigenvalue weighted by Crippen LogP contribution is -2.37. The Bertz CT molecular complexity index is 1900. The van der Waals surface area contributed by atoms with Crippen molar-refractivity contribution in [1.82, 2.24) is 14.9 Å². The number of carbonyl (C=O) groups excluding carboxylic acids is 1. The fourth-order valence-corrected chi connectivity index (χ4v) is 6.39. The van der Waals surface area contributed by atoms with Crippen molar-refractivity contribution in [3.8, 4) is 11.5 Å². The Morgan fingerprint density at radius 1 is 1.02 bits per heavy atom. The lowest BCUT2D eigenvalue weighted by molar-refractivity contribution is -0.143. The second kappa shape index (κ2) is 12.6. The summed E-state index contributed by atoms with van der Waals surface area (Å²) in [7, 11) is 1.32. The summed E-state index contributed by atoms with van der Waals surface area (Å²) in [5, 5.41) is 0.539. The number of amidine groups is 1. The molecule has 3 aromatic carbocycles. The van der Waals surface area contributed by atoms with Crippen LogP contribution in [0.1, 0.15) is 46.8 Å². The van der Waals surface area contributed by atoms with E-state index in [4.69, 9.17) is 9.47 Å². The number of piperidine rings is 1. The van der Waals surface area contributed by atoms with Gasteiger partial charge in [0, 0.05) is 30.6 Å². The van der Waals surface area contributed by atoms with E-state index in [1.807, 2.05) is 4.90 Å². The van der Waals surface area contributed by atoms with Gasteiger partial charge in [-0.1, -0.05) is 12.1 Å². The summed E-state index contributed by atoms with van der Waals surface area (Å²) in [6.07, 6.45) is -6.68. The Morgan fingerprint density at radius 2 is 1.83 bits per heavy atom. The molecule has 4 aromatic rings. The van der Waals surface area contributed by atoms with Gasteiger partial charge in [-0.15, -0.1) is 0 Å². The van der Waals surface area contributed by atoms with Gasteiger partial charge in [-0.25, -0.2) is 9.37 Å². The topological polar surface area (TPSA) is 79.8 Å². The number of hydrogen-bond acceptors (Lipinski definition) is 6. The SMILES string of the molecule is COc1cc(C=C2SC(N3CCCC(c4nc5cc(F)ccc5[nH]4)C3)=NC2=O)ccc1OCc1ccc(C(F)(F)F)cc1C(F)(F)F. The molecular formula is C32H25F7N4O3S. The lowest BCUT2D eigenvalue weighted by atomic mass is 9.98. The molecule has 1 fully saturated rings. The maximum absolute atomic E-state index is 13.6. The largest absolute Gasteiger partial charge is 0.493 e. The minimum atomic E-state index is -5.03. The number of benzene rings is 3. The fraction of sp³-hybridized carbons (Fsp3) is 0.281. The predicted octanol–water partition coefficient (Wildman–Crippen LogP) is 8.18. The number of nitrogens with zero attached hydrogens (tertiary/aromatic N) is 3.